The van der Waals surface area contributed by atoms with E-state index in [9.17, 15) is 9.59 Å². The molecule has 178 valence electrons. The predicted molar refractivity (Wildman–Crippen MR) is 131 cm³/mol. The molecule has 2 aromatic rings. The molecule has 0 radical (unpaired) electrons. The highest BCUT2D eigenvalue weighted by atomic mass is 16.5. The molecule has 1 atom stereocenters. The lowest BCUT2D eigenvalue weighted by Gasteiger charge is -2.12. The summed E-state index contributed by atoms with van der Waals surface area (Å²) in [5.41, 5.74) is 1.90. The number of carbonyl (C=O) groups excluding carboxylic acids is 2. The second-order valence-corrected chi connectivity index (χ2v) is 8.26. The van der Waals surface area contributed by atoms with Gasteiger partial charge in [0.25, 0.3) is 5.91 Å². The lowest BCUT2D eigenvalue weighted by atomic mass is 10.1. The third-order valence-electron chi connectivity index (χ3n) is 5.48. The third-order valence-corrected chi connectivity index (χ3v) is 5.48. The van der Waals surface area contributed by atoms with Gasteiger partial charge < -0.3 is 25.4 Å². The van der Waals surface area contributed by atoms with Crippen LogP contribution in [0.4, 0.5) is 11.4 Å². The Hall–Kier alpha value is -3.06. The van der Waals surface area contributed by atoms with Crippen molar-refractivity contribution in [2.24, 2.45) is 0 Å². The van der Waals surface area contributed by atoms with E-state index in [0.29, 0.717) is 24.4 Å². The number of carbonyl (C=O) groups is 2. The van der Waals surface area contributed by atoms with Crippen LogP contribution in [0.15, 0.2) is 48.5 Å². The molecule has 0 aromatic heterocycles. The summed E-state index contributed by atoms with van der Waals surface area (Å²) in [5.74, 6) is 0.419. The molecule has 1 saturated heterocycles. The summed E-state index contributed by atoms with van der Waals surface area (Å²) in [4.78, 5) is 24.8. The van der Waals surface area contributed by atoms with Crippen molar-refractivity contribution < 1.29 is 19.1 Å². The molecule has 3 rings (SSSR count). The molecule has 0 spiro atoms. The molecule has 7 nitrogen and oxygen atoms in total. The fourth-order valence-corrected chi connectivity index (χ4v) is 3.65. The zero-order chi connectivity index (χ0) is 23.3. The summed E-state index contributed by atoms with van der Waals surface area (Å²) in [6, 6.07) is 14.5. The number of unbranched alkanes of at least 4 members (excludes halogenated alkanes) is 3. The van der Waals surface area contributed by atoms with Crippen LogP contribution < -0.4 is 20.7 Å². The zero-order valence-electron chi connectivity index (χ0n) is 19.4. The van der Waals surface area contributed by atoms with Crippen molar-refractivity contribution in [3.8, 4) is 5.75 Å². The minimum atomic E-state index is -0.196. The molecular weight excluding hydrogens is 418 g/mol. The monoisotopic (exact) mass is 453 g/mol. The van der Waals surface area contributed by atoms with Gasteiger partial charge in [-0.05, 0) is 49.6 Å². The van der Waals surface area contributed by atoms with Gasteiger partial charge in [0.2, 0.25) is 5.91 Å². The fourth-order valence-electron chi connectivity index (χ4n) is 3.65. The zero-order valence-corrected chi connectivity index (χ0v) is 19.4. The summed E-state index contributed by atoms with van der Waals surface area (Å²) >= 11 is 0. The number of hydrogen-bond donors (Lipinski definition) is 3. The van der Waals surface area contributed by atoms with E-state index in [0.717, 1.165) is 37.3 Å². The first-order valence-corrected chi connectivity index (χ1v) is 11.9. The van der Waals surface area contributed by atoms with Gasteiger partial charge in [-0.1, -0.05) is 38.3 Å². The summed E-state index contributed by atoms with van der Waals surface area (Å²) in [5, 5.41) is 8.85. The molecule has 0 saturated carbocycles. The maximum atomic E-state index is 12.4. The molecular formula is C26H35N3O4. The van der Waals surface area contributed by atoms with E-state index < -0.39 is 0 Å². The number of amides is 2. The van der Waals surface area contributed by atoms with Gasteiger partial charge in [0.1, 0.15) is 5.75 Å². The molecule has 0 aliphatic carbocycles. The van der Waals surface area contributed by atoms with Gasteiger partial charge in [-0.3, -0.25) is 9.59 Å². The van der Waals surface area contributed by atoms with Crippen LogP contribution in [0.1, 0.15) is 55.8 Å². The molecule has 1 aliphatic heterocycles. The Morgan fingerprint density at radius 3 is 2.73 bits per heavy atom. The van der Waals surface area contributed by atoms with Crippen LogP contribution in [0.25, 0.3) is 0 Å². The first-order chi connectivity index (χ1) is 16.1. The third kappa shape index (κ3) is 8.77. The normalized spacial score (nSPS) is 15.1. The summed E-state index contributed by atoms with van der Waals surface area (Å²) in [6.07, 6.45) is 6.74. The summed E-state index contributed by atoms with van der Waals surface area (Å²) < 4.78 is 11.3. The van der Waals surface area contributed by atoms with Gasteiger partial charge in [-0.2, -0.15) is 0 Å². The number of benzene rings is 2. The van der Waals surface area contributed by atoms with Crippen molar-refractivity contribution in [2.45, 2.75) is 51.6 Å². The average molecular weight is 454 g/mol. The van der Waals surface area contributed by atoms with Crippen molar-refractivity contribution >= 4 is 23.2 Å². The van der Waals surface area contributed by atoms with Gasteiger partial charge in [-0.15, -0.1) is 0 Å². The smallest absolute Gasteiger partial charge is 0.251 e. The van der Waals surface area contributed by atoms with E-state index in [-0.39, 0.29) is 24.5 Å². The van der Waals surface area contributed by atoms with E-state index in [1.807, 2.05) is 24.3 Å². The lowest BCUT2D eigenvalue weighted by Crippen LogP contribution is -2.31. The standard InChI is InChI=1S/C26H35N3O4/c1-2-3-4-5-14-32-23-12-7-10-21(17-23)27-19-25(30)29-22-11-6-9-20(16-22)26(31)28-18-24-13-8-15-33-24/h6-7,9-12,16-17,24,27H,2-5,8,13-15,18-19H2,1H3,(H,28,31)(H,29,30). The van der Waals surface area contributed by atoms with Gasteiger partial charge in [0.15, 0.2) is 0 Å². The Labute approximate surface area is 196 Å². The van der Waals surface area contributed by atoms with Crippen LogP contribution in [0.5, 0.6) is 5.75 Å². The van der Waals surface area contributed by atoms with Crippen LogP contribution in [0.2, 0.25) is 0 Å². The maximum Gasteiger partial charge on any atom is 0.251 e. The van der Waals surface area contributed by atoms with Gasteiger partial charge >= 0.3 is 0 Å². The molecule has 1 heterocycles. The average Bonchev–Trinajstić information content (AvgIpc) is 3.35. The quantitative estimate of drug-likeness (QED) is 0.386. The Balaban J connectivity index is 1.42. The molecule has 7 heteroatoms. The van der Waals surface area contributed by atoms with Gasteiger partial charge in [0.05, 0.1) is 19.3 Å². The molecule has 33 heavy (non-hydrogen) atoms. The SMILES string of the molecule is CCCCCCOc1cccc(NCC(=O)Nc2cccc(C(=O)NCC3CCCO3)c2)c1. The second kappa shape index (κ2) is 13.5. The molecule has 1 aliphatic rings. The molecule has 0 bridgehead atoms. The molecule has 2 amide bonds. The number of ether oxygens (including phenoxy) is 2. The Morgan fingerprint density at radius 1 is 1.06 bits per heavy atom. The summed E-state index contributed by atoms with van der Waals surface area (Å²) in [7, 11) is 0. The van der Waals surface area contributed by atoms with Crippen LogP contribution in [0.3, 0.4) is 0 Å². The summed E-state index contributed by atoms with van der Waals surface area (Å²) in [6.45, 7) is 4.25. The Morgan fingerprint density at radius 2 is 1.91 bits per heavy atom. The van der Waals surface area contributed by atoms with Crippen molar-refractivity contribution in [1.82, 2.24) is 5.32 Å². The number of anilines is 2. The van der Waals surface area contributed by atoms with Crippen LogP contribution in [0, 0.1) is 0 Å². The van der Waals surface area contributed by atoms with E-state index in [2.05, 4.69) is 22.9 Å². The van der Waals surface area contributed by atoms with Crippen molar-refractivity contribution in [3.63, 3.8) is 0 Å². The van der Waals surface area contributed by atoms with Crippen molar-refractivity contribution in [2.75, 3.05) is 36.9 Å². The largest absolute Gasteiger partial charge is 0.494 e. The van der Waals surface area contributed by atoms with E-state index >= 15 is 0 Å². The first kappa shape index (κ1) is 24.6. The molecule has 2 aromatic carbocycles. The van der Waals surface area contributed by atoms with E-state index in [4.69, 9.17) is 9.47 Å². The Kier molecular flexibility index (Phi) is 10.0. The van der Waals surface area contributed by atoms with Gasteiger partial charge in [0, 0.05) is 36.2 Å². The van der Waals surface area contributed by atoms with Crippen molar-refractivity contribution in [3.05, 3.63) is 54.1 Å². The first-order valence-electron chi connectivity index (χ1n) is 11.9. The highest BCUT2D eigenvalue weighted by Gasteiger charge is 2.17. The molecule has 1 unspecified atom stereocenters. The van der Waals surface area contributed by atoms with Crippen LogP contribution in [-0.2, 0) is 9.53 Å². The van der Waals surface area contributed by atoms with Gasteiger partial charge in [-0.25, -0.2) is 0 Å². The topological polar surface area (TPSA) is 88.7 Å². The van der Waals surface area contributed by atoms with E-state index in [1.54, 1.807) is 24.3 Å². The second-order valence-electron chi connectivity index (χ2n) is 8.26. The minimum absolute atomic E-state index is 0.0906. The highest BCUT2D eigenvalue weighted by molar-refractivity contribution is 5.98. The number of nitrogens with one attached hydrogen (secondary N) is 3. The van der Waals surface area contributed by atoms with Crippen LogP contribution in [-0.4, -0.2) is 44.2 Å². The fraction of sp³-hybridized carbons (Fsp3) is 0.462. The minimum Gasteiger partial charge on any atom is -0.494 e. The molecule has 3 N–H and O–H groups in total. The van der Waals surface area contributed by atoms with Crippen LogP contribution >= 0.6 is 0 Å². The predicted octanol–water partition coefficient (Wildman–Crippen LogP) is 4.61. The number of hydrogen-bond acceptors (Lipinski definition) is 5. The maximum absolute atomic E-state index is 12.4. The highest BCUT2D eigenvalue weighted by Crippen LogP contribution is 2.18. The van der Waals surface area contributed by atoms with Crippen molar-refractivity contribution in [1.29, 1.82) is 0 Å². The number of rotatable bonds is 13. The van der Waals surface area contributed by atoms with E-state index in [1.165, 1.54) is 19.3 Å². The molecule has 1 fully saturated rings. The lowest BCUT2D eigenvalue weighted by molar-refractivity contribution is -0.114. The Bertz CT molecular complexity index is 897.